The first kappa shape index (κ1) is 15.8. The molecular weight excluding hydrogens is 298 g/mol. The largest absolute Gasteiger partial charge is 0.385 e. The van der Waals surface area contributed by atoms with Gasteiger partial charge in [0.05, 0.1) is 12.3 Å². The van der Waals surface area contributed by atoms with Crippen LogP contribution in [0.15, 0.2) is 11.6 Å². The molecule has 1 aliphatic heterocycles. The fraction of sp³-hybridized carbons (Fsp3) is 0.750. The summed E-state index contributed by atoms with van der Waals surface area (Å²) in [5, 5.41) is 3.05. The van der Waals surface area contributed by atoms with E-state index in [1.165, 1.54) is 0 Å². The van der Waals surface area contributed by atoms with E-state index < -0.39 is 10.0 Å². The van der Waals surface area contributed by atoms with Crippen molar-refractivity contribution in [1.82, 2.24) is 14.2 Å². The maximum Gasteiger partial charge on any atom is 0.214 e. The van der Waals surface area contributed by atoms with Crippen LogP contribution in [0.3, 0.4) is 0 Å². The maximum atomic E-state index is 12.1. The molecule has 114 valence electrons. The molecule has 1 fully saturated rings. The molecule has 2 heterocycles. The summed E-state index contributed by atoms with van der Waals surface area (Å²) in [5.74, 6) is 0.174. The molecule has 8 heteroatoms. The van der Waals surface area contributed by atoms with E-state index in [2.05, 4.69) is 9.88 Å². The monoisotopic (exact) mass is 319 g/mol. The Kier molecular flexibility index (Phi) is 5.91. The Bertz CT molecular complexity index is 482. The molecule has 0 aromatic carbocycles. The number of sulfonamides is 1. The van der Waals surface area contributed by atoms with E-state index in [4.69, 9.17) is 4.74 Å². The highest BCUT2D eigenvalue weighted by atomic mass is 32.2. The molecule has 0 unspecified atom stereocenters. The molecule has 6 nitrogen and oxygen atoms in total. The van der Waals surface area contributed by atoms with E-state index in [9.17, 15) is 8.42 Å². The second-order valence-electron chi connectivity index (χ2n) is 4.76. The van der Waals surface area contributed by atoms with Gasteiger partial charge >= 0.3 is 0 Å². The number of hydrogen-bond acceptors (Lipinski definition) is 6. The average Bonchev–Trinajstić information content (AvgIpc) is 2.92. The zero-order chi connectivity index (χ0) is 14.4. The summed E-state index contributed by atoms with van der Waals surface area (Å²) in [5.41, 5.74) is 0. The molecule has 0 N–H and O–H groups in total. The molecule has 0 radical (unpaired) electrons. The van der Waals surface area contributed by atoms with Gasteiger partial charge < -0.3 is 4.74 Å². The summed E-state index contributed by atoms with van der Waals surface area (Å²) in [6.45, 7) is 3.98. The molecule has 1 aromatic heterocycles. The third kappa shape index (κ3) is 4.49. The van der Waals surface area contributed by atoms with Gasteiger partial charge in [-0.1, -0.05) is 0 Å². The first-order valence-electron chi connectivity index (χ1n) is 6.69. The standard InChI is InChI=1S/C12H21N3O3S2/c1-18-8-2-10-20(16,17)15-6-4-14(5-7-15)11-12-13-3-9-19-12/h3,9H,2,4-8,10-11H2,1H3. The van der Waals surface area contributed by atoms with Gasteiger partial charge in [-0.25, -0.2) is 13.4 Å². The van der Waals surface area contributed by atoms with Crippen LogP contribution in [-0.4, -0.2) is 68.3 Å². The Balaban J connectivity index is 1.78. The molecule has 0 saturated carbocycles. The van der Waals surface area contributed by atoms with Gasteiger partial charge in [-0.15, -0.1) is 11.3 Å². The van der Waals surface area contributed by atoms with E-state index in [0.29, 0.717) is 26.1 Å². The van der Waals surface area contributed by atoms with E-state index in [-0.39, 0.29) is 5.75 Å². The quantitative estimate of drug-likeness (QED) is 0.690. The number of aromatic nitrogens is 1. The van der Waals surface area contributed by atoms with Crippen LogP contribution in [0.4, 0.5) is 0 Å². The van der Waals surface area contributed by atoms with Crippen LogP contribution in [0.25, 0.3) is 0 Å². The number of hydrogen-bond donors (Lipinski definition) is 0. The van der Waals surface area contributed by atoms with E-state index in [1.54, 1.807) is 28.9 Å². The van der Waals surface area contributed by atoms with Crippen molar-refractivity contribution in [2.75, 3.05) is 45.6 Å². The zero-order valence-corrected chi connectivity index (χ0v) is 13.3. The van der Waals surface area contributed by atoms with Gasteiger partial charge in [-0.05, 0) is 6.42 Å². The van der Waals surface area contributed by atoms with E-state index >= 15 is 0 Å². The Morgan fingerprint density at radius 2 is 2.10 bits per heavy atom. The van der Waals surface area contributed by atoms with Gasteiger partial charge in [0.1, 0.15) is 5.01 Å². The van der Waals surface area contributed by atoms with Gasteiger partial charge in [0, 0.05) is 51.5 Å². The lowest BCUT2D eigenvalue weighted by Crippen LogP contribution is -2.48. The topological polar surface area (TPSA) is 62.7 Å². The molecule has 0 atom stereocenters. The Morgan fingerprint density at radius 3 is 2.70 bits per heavy atom. The van der Waals surface area contributed by atoms with Crippen molar-refractivity contribution in [2.24, 2.45) is 0 Å². The molecule has 1 saturated heterocycles. The number of rotatable bonds is 7. The van der Waals surface area contributed by atoms with Crippen LogP contribution in [0, 0.1) is 0 Å². The maximum absolute atomic E-state index is 12.1. The fourth-order valence-corrected chi connectivity index (χ4v) is 4.32. The third-order valence-electron chi connectivity index (χ3n) is 3.32. The van der Waals surface area contributed by atoms with Crippen molar-refractivity contribution in [3.05, 3.63) is 16.6 Å². The summed E-state index contributed by atoms with van der Waals surface area (Å²) >= 11 is 1.64. The summed E-state index contributed by atoms with van der Waals surface area (Å²) < 4.78 is 30.8. The Morgan fingerprint density at radius 1 is 1.35 bits per heavy atom. The summed E-state index contributed by atoms with van der Waals surface area (Å²) in [6, 6.07) is 0. The van der Waals surface area contributed by atoms with Crippen LogP contribution in [-0.2, 0) is 21.3 Å². The van der Waals surface area contributed by atoms with Crippen molar-refractivity contribution < 1.29 is 13.2 Å². The normalized spacial score (nSPS) is 18.4. The summed E-state index contributed by atoms with van der Waals surface area (Å²) in [4.78, 5) is 6.51. The Labute approximate surface area is 124 Å². The van der Waals surface area contributed by atoms with Gasteiger partial charge in [0.2, 0.25) is 10.0 Å². The lowest BCUT2D eigenvalue weighted by Gasteiger charge is -2.33. The number of nitrogens with zero attached hydrogens (tertiary/aromatic N) is 3. The minimum Gasteiger partial charge on any atom is -0.385 e. The van der Waals surface area contributed by atoms with Crippen LogP contribution in [0.2, 0.25) is 0 Å². The zero-order valence-electron chi connectivity index (χ0n) is 11.7. The molecule has 0 amide bonds. The second-order valence-corrected chi connectivity index (χ2v) is 7.83. The van der Waals surface area contributed by atoms with Gasteiger partial charge in [-0.3, -0.25) is 4.90 Å². The van der Waals surface area contributed by atoms with Gasteiger partial charge in [-0.2, -0.15) is 4.31 Å². The van der Waals surface area contributed by atoms with Crippen LogP contribution in [0.1, 0.15) is 11.4 Å². The van der Waals surface area contributed by atoms with Crippen molar-refractivity contribution in [1.29, 1.82) is 0 Å². The predicted octanol–water partition coefficient (Wildman–Crippen LogP) is 0.627. The van der Waals surface area contributed by atoms with Crippen molar-refractivity contribution in [3.8, 4) is 0 Å². The molecule has 20 heavy (non-hydrogen) atoms. The molecular formula is C12H21N3O3S2. The number of piperazine rings is 1. The first-order chi connectivity index (χ1) is 9.62. The third-order valence-corrected chi connectivity index (χ3v) is 6.04. The average molecular weight is 319 g/mol. The van der Waals surface area contributed by atoms with Crippen LogP contribution >= 0.6 is 11.3 Å². The molecule has 0 spiro atoms. The van der Waals surface area contributed by atoms with Gasteiger partial charge in [0.15, 0.2) is 0 Å². The second kappa shape index (κ2) is 7.46. The SMILES string of the molecule is COCCCS(=O)(=O)N1CCN(Cc2nccs2)CC1. The summed E-state index contributed by atoms with van der Waals surface area (Å²) in [7, 11) is -1.54. The summed E-state index contributed by atoms with van der Waals surface area (Å²) in [6.07, 6.45) is 2.36. The number of ether oxygens (including phenoxy) is 1. The molecule has 1 aliphatic rings. The fourth-order valence-electron chi connectivity index (χ4n) is 2.20. The predicted molar refractivity (Wildman–Crippen MR) is 79.2 cm³/mol. The highest BCUT2D eigenvalue weighted by Crippen LogP contribution is 2.13. The molecule has 0 bridgehead atoms. The number of methoxy groups -OCH3 is 1. The van der Waals surface area contributed by atoms with E-state index in [0.717, 1.165) is 24.6 Å². The van der Waals surface area contributed by atoms with Crippen LogP contribution < -0.4 is 0 Å². The molecule has 2 rings (SSSR count). The lowest BCUT2D eigenvalue weighted by molar-refractivity contribution is 0.179. The van der Waals surface area contributed by atoms with Crippen molar-refractivity contribution >= 4 is 21.4 Å². The van der Waals surface area contributed by atoms with Crippen LogP contribution in [0.5, 0.6) is 0 Å². The minimum atomic E-state index is -3.13. The Hall–Kier alpha value is -0.540. The minimum absolute atomic E-state index is 0.174. The molecule has 0 aliphatic carbocycles. The highest BCUT2D eigenvalue weighted by molar-refractivity contribution is 7.89. The first-order valence-corrected chi connectivity index (χ1v) is 9.18. The smallest absolute Gasteiger partial charge is 0.214 e. The molecule has 1 aromatic rings. The van der Waals surface area contributed by atoms with Crippen molar-refractivity contribution in [2.45, 2.75) is 13.0 Å². The van der Waals surface area contributed by atoms with Crippen molar-refractivity contribution in [3.63, 3.8) is 0 Å². The van der Waals surface area contributed by atoms with E-state index in [1.807, 2.05) is 5.38 Å². The van der Waals surface area contributed by atoms with Gasteiger partial charge in [0.25, 0.3) is 0 Å². The number of thiazole rings is 1. The lowest BCUT2D eigenvalue weighted by atomic mass is 10.3. The highest BCUT2D eigenvalue weighted by Gasteiger charge is 2.26.